The number of pyridine rings is 1. The van der Waals surface area contributed by atoms with Gasteiger partial charge in [0.1, 0.15) is 10.4 Å². The van der Waals surface area contributed by atoms with Gasteiger partial charge in [0.15, 0.2) is 0 Å². The molecule has 1 amide bonds. The molecule has 4 nitrogen and oxygen atoms in total. The smallest absolute Gasteiger partial charge is 0.254 e. The minimum absolute atomic E-state index is 0.142. The Hall–Kier alpha value is -1.62. The SMILES string of the molecule is O=C(NCCc1ccco1)c1cccnc1Br. The molecule has 0 aliphatic rings. The van der Waals surface area contributed by atoms with E-state index >= 15 is 0 Å². The van der Waals surface area contributed by atoms with E-state index < -0.39 is 0 Å². The van der Waals surface area contributed by atoms with Crippen LogP contribution in [-0.2, 0) is 6.42 Å². The molecule has 0 radical (unpaired) electrons. The molecule has 0 aliphatic heterocycles. The highest BCUT2D eigenvalue weighted by Gasteiger charge is 2.09. The Morgan fingerprint density at radius 3 is 3.00 bits per heavy atom. The Balaban J connectivity index is 1.88. The number of amides is 1. The number of nitrogens with one attached hydrogen (secondary N) is 1. The molecular weight excluding hydrogens is 284 g/mol. The fourth-order valence-electron chi connectivity index (χ4n) is 1.40. The van der Waals surface area contributed by atoms with Crippen LogP contribution in [0.15, 0.2) is 45.7 Å². The normalized spacial score (nSPS) is 10.2. The first-order chi connectivity index (χ1) is 8.27. The van der Waals surface area contributed by atoms with Crippen LogP contribution in [0, 0.1) is 0 Å². The van der Waals surface area contributed by atoms with E-state index in [0.29, 0.717) is 23.1 Å². The molecule has 2 aromatic rings. The molecule has 0 bridgehead atoms. The van der Waals surface area contributed by atoms with Crippen LogP contribution in [-0.4, -0.2) is 17.4 Å². The number of aromatic nitrogens is 1. The van der Waals surface area contributed by atoms with Crippen LogP contribution in [0.1, 0.15) is 16.1 Å². The van der Waals surface area contributed by atoms with Crippen molar-refractivity contribution in [2.75, 3.05) is 6.54 Å². The summed E-state index contributed by atoms with van der Waals surface area (Å²) in [5, 5.41) is 2.81. The van der Waals surface area contributed by atoms with Crippen LogP contribution < -0.4 is 5.32 Å². The summed E-state index contributed by atoms with van der Waals surface area (Å²) in [6.45, 7) is 0.535. The lowest BCUT2D eigenvalue weighted by Crippen LogP contribution is -2.26. The van der Waals surface area contributed by atoms with Gasteiger partial charge in [-0.25, -0.2) is 4.98 Å². The second-order valence-electron chi connectivity index (χ2n) is 3.43. The van der Waals surface area contributed by atoms with Gasteiger partial charge in [-0.2, -0.15) is 0 Å². The molecule has 1 N–H and O–H groups in total. The lowest BCUT2D eigenvalue weighted by molar-refractivity contribution is 0.0952. The molecule has 0 unspecified atom stereocenters. The number of halogens is 1. The molecular formula is C12H11BrN2O2. The van der Waals surface area contributed by atoms with Gasteiger partial charge >= 0.3 is 0 Å². The van der Waals surface area contributed by atoms with Gasteiger partial charge in [-0.15, -0.1) is 0 Å². The quantitative estimate of drug-likeness (QED) is 0.881. The minimum atomic E-state index is -0.142. The largest absolute Gasteiger partial charge is 0.469 e. The topological polar surface area (TPSA) is 55.1 Å². The second kappa shape index (κ2) is 5.63. The van der Waals surface area contributed by atoms with E-state index in [9.17, 15) is 4.79 Å². The molecule has 0 spiro atoms. The van der Waals surface area contributed by atoms with Crippen molar-refractivity contribution in [1.82, 2.24) is 10.3 Å². The maximum absolute atomic E-state index is 11.8. The van der Waals surface area contributed by atoms with Gasteiger partial charge in [-0.3, -0.25) is 4.79 Å². The number of hydrogen-bond acceptors (Lipinski definition) is 3. The van der Waals surface area contributed by atoms with Crippen molar-refractivity contribution in [2.24, 2.45) is 0 Å². The van der Waals surface area contributed by atoms with Crippen molar-refractivity contribution in [3.05, 3.63) is 52.7 Å². The van der Waals surface area contributed by atoms with Crippen LogP contribution >= 0.6 is 15.9 Å². The molecule has 2 rings (SSSR count). The molecule has 5 heteroatoms. The van der Waals surface area contributed by atoms with Crippen molar-refractivity contribution in [3.8, 4) is 0 Å². The third-order valence-corrected chi connectivity index (χ3v) is 2.87. The maximum atomic E-state index is 11.8. The molecule has 88 valence electrons. The molecule has 0 saturated carbocycles. The van der Waals surface area contributed by atoms with Crippen molar-refractivity contribution >= 4 is 21.8 Å². The van der Waals surface area contributed by atoms with Gasteiger partial charge in [-0.05, 0) is 40.2 Å². The first-order valence-corrected chi connectivity index (χ1v) is 5.98. The van der Waals surface area contributed by atoms with Crippen molar-refractivity contribution in [3.63, 3.8) is 0 Å². The lowest BCUT2D eigenvalue weighted by Gasteiger charge is -2.04. The lowest BCUT2D eigenvalue weighted by atomic mass is 10.2. The van der Waals surface area contributed by atoms with Gasteiger partial charge in [0.25, 0.3) is 5.91 Å². The average Bonchev–Trinajstić information content (AvgIpc) is 2.82. The molecule has 0 saturated heterocycles. The fourth-order valence-corrected chi connectivity index (χ4v) is 1.84. The second-order valence-corrected chi connectivity index (χ2v) is 4.18. The number of hydrogen-bond donors (Lipinski definition) is 1. The number of carbonyl (C=O) groups is 1. The summed E-state index contributed by atoms with van der Waals surface area (Å²) >= 11 is 3.24. The number of carbonyl (C=O) groups excluding carboxylic acids is 1. The zero-order valence-corrected chi connectivity index (χ0v) is 10.6. The number of furan rings is 1. The van der Waals surface area contributed by atoms with Gasteiger partial charge in [0.2, 0.25) is 0 Å². The van der Waals surface area contributed by atoms with E-state index in [1.54, 1.807) is 24.6 Å². The van der Waals surface area contributed by atoms with E-state index in [4.69, 9.17) is 4.42 Å². The third-order valence-electron chi connectivity index (χ3n) is 2.24. The van der Waals surface area contributed by atoms with Crippen LogP contribution in [0.2, 0.25) is 0 Å². The van der Waals surface area contributed by atoms with Crippen LogP contribution in [0.3, 0.4) is 0 Å². The summed E-state index contributed by atoms with van der Waals surface area (Å²) in [6, 6.07) is 7.16. The van der Waals surface area contributed by atoms with E-state index in [2.05, 4.69) is 26.2 Å². The zero-order valence-electron chi connectivity index (χ0n) is 9.02. The molecule has 0 atom stereocenters. The highest BCUT2D eigenvalue weighted by Crippen LogP contribution is 2.12. The predicted molar refractivity (Wildman–Crippen MR) is 66.7 cm³/mol. The summed E-state index contributed by atoms with van der Waals surface area (Å²) in [5.41, 5.74) is 0.534. The average molecular weight is 295 g/mol. The van der Waals surface area contributed by atoms with Crippen molar-refractivity contribution < 1.29 is 9.21 Å². The van der Waals surface area contributed by atoms with Gasteiger partial charge in [0.05, 0.1) is 11.8 Å². The Bertz CT molecular complexity index is 497. The van der Waals surface area contributed by atoms with Gasteiger partial charge in [-0.1, -0.05) is 0 Å². The van der Waals surface area contributed by atoms with Crippen LogP contribution in [0.5, 0.6) is 0 Å². The van der Waals surface area contributed by atoms with Gasteiger partial charge in [0, 0.05) is 19.2 Å². The number of rotatable bonds is 4. The first-order valence-electron chi connectivity index (χ1n) is 5.18. The Morgan fingerprint density at radius 2 is 2.29 bits per heavy atom. The van der Waals surface area contributed by atoms with E-state index in [0.717, 1.165) is 5.76 Å². The summed E-state index contributed by atoms with van der Waals surface area (Å²) in [4.78, 5) is 15.8. The zero-order chi connectivity index (χ0) is 12.1. The van der Waals surface area contributed by atoms with Crippen LogP contribution in [0.4, 0.5) is 0 Å². The summed E-state index contributed by atoms with van der Waals surface area (Å²) in [7, 11) is 0. The molecule has 2 aromatic heterocycles. The first kappa shape index (κ1) is 11.9. The Labute approximate surface area is 107 Å². The summed E-state index contributed by atoms with van der Waals surface area (Å²) in [6.07, 6.45) is 3.93. The minimum Gasteiger partial charge on any atom is -0.469 e. The van der Waals surface area contributed by atoms with E-state index in [-0.39, 0.29) is 5.91 Å². The maximum Gasteiger partial charge on any atom is 0.254 e. The van der Waals surface area contributed by atoms with Crippen LogP contribution in [0.25, 0.3) is 0 Å². The third kappa shape index (κ3) is 3.17. The van der Waals surface area contributed by atoms with Crippen molar-refractivity contribution in [2.45, 2.75) is 6.42 Å². The Morgan fingerprint density at radius 1 is 1.41 bits per heavy atom. The molecule has 0 aromatic carbocycles. The highest BCUT2D eigenvalue weighted by molar-refractivity contribution is 9.10. The molecule has 0 aliphatic carbocycles. The Kier molecular flexibility index (Phi) is 3.93. The molecule has 2 heterocycles. The van der Waals surface area contributed by atoms with Crippen molar-refractivity contribution in [1.29, 1.82) is 0 Å². The summed E-state index contributed by atoms with van der Waals surface area (Å²) < 4.78 is 5.72. The predicted octanol–water partition coefficient (Wildman–Crippen LogP) is 2.41. The van der Waals surface area contributed by atoms with E-state index in [1.165, 1.54) is 0 Å². The fraction of sp³-hybridized carbons (Fsp3) is 0.167. The molecule has 17 heavy (non-hydrogen) atoms. The highest BCUT2D eigenvalue weighted by atomic mass is 79.9. The van der Waals surface area contributed by atoms with Gasteiger partial charge < -0.3 is 9.73 Å². The standard InChI is InChI=1S/C12H11BrN2O2/c13-11-10(4-1-6-14-11)12(16)15-7-5-9-3-2-8-17-9/h1-4,6,8H,5,7H2,(H,15,16). The summed E-state index contributed by atoms with van der Waals surface area (Å²) in [5.74, 6) is 0.715. The van der Waals surface area contributed by atoms with E-state index in [1.807, 2.05) is 12.1 Å². The number of nitrogens with zero attached hydrogens (tertiary/aromatic N) is 1. The molecule has 0 fully saturated rings. The monoisotopic (exact) mass is 294 g/mol.